The standard InChI is InChI=1S/C22H22FN7/c1-22(2,14-4-6-15(23)7-5-14)12-26-19-10-9-17(27-29-19)13-3-8-18-16(11-13)20(21(24)25)30-28-18/h3-11H,12H2,1-2H3,(H3,24,25)(H,26,29)(H,28,30). The van der Waals surface area contributed by atoms with Gasteiger partial charge in [0.1, 0.15) is 23.2 Å². The van der Waals surface area contributed by atoms with E-state index < -0.39 is 0 Å². The van der Waals surface area contributed by atoms with Gasteiger partial charge in [-0.2, -0.15) is 5.10 Å². The van der Waals surface area contributed by atoms with Gasteiger partial charge in [-0.1, -0.05) is 32.0 Å². The van der Waals surface area contributed by atoms with E-state index in [1.165, 1.54) is 12.1 Å². The van der Waals surface area contributed by atoms with E-state index in [1.807, 2.05) is 30.3 Å². The van der Waals surface area contributed by atoms with Crippen LogP contribution in [0.4, 0.5) is 10.2 Å². The number of fused-ring (bicyclic) bond motifs is 1. The van der Waals surface area contributed by atoms with E-state index >= 15 is 0 Å². The highest BCUT2D eigenvalue weighted by Gasteiger charge is 2.20. The fourth-order valence-corrected chi connectivity index (χ4v) is 3.27. The number of H-pyrrole nitrogens is 1. The van der Waals surface area contributed by atoms with Gasteiger partial charge in [-0.15, -0.1) is 10.2 Å². The number of aromatic amines is 1. The number of anilines is 1. The molecule has 2 heterocycles. The van der Waals surface area contributed by atoms with Crippen LogP contribution < -0.4 is 11.1 Å². The van der Waals surface area contributed by atoms with Crippen LogP contribution in [-0.2, 0) is 5.41 Å². The highest BCUT2D eigenvalue weighted by Crippen LogP contribution is 2.26. The van der Waals surface area contributed by atoms with Crippen molar-refractivity contribution in [2.24, 2.45) is 5.73 Å². The van der Waals surface area contributed by atoms with Gasteiger partial charge in [-0.05, 0) is 42.0 Å². The lowest BCUT2D eigenvalue weighted by atomic mass is 9.84. The number of aromatic nitrogens is 4. The third-order valence-electron chi connectivity index (χ3n) is 5.12. The summed E-state index contributed by atoms with van der Waals surface area (Å²) >= 11 is 0. The molecule has 0 radical (unpaired) electrons. The van der Waals surface area contributed by atoms with Crippen molar-refractivity contribution < 1.29 is 4.39 Å². The van der Waals surface area contributed by atoms with Crippen molar-refractivity contribution >= 4 is 22.6 Å². The molecule has 4 rings (SSSR count). The fraction of sp³-hybridized carbons (Fsp3) is 0.182. The molecule has 0 bridgehead atoms. The molecule has 0 aliphatic rings. The summed E-state index contributed by atoms with van der Waals surface area (Å²) in [6, 6.07) is 16.0. The average molecular weight is 403 g/mol. The summed E-state index contributed by atoms with van der Waals surface area (Å²) in [5.41, 5.74) is 9.21. The average Bonchev–Trinajstić information content (AvgIpc) is 3.17. The molecule has 0 aliphatic heterocycles. The molecule has 0 saturated heterocycles. The second-order valence-corrected chi connectivity index (χ2v) is 7.79. The Morgan fingerprint density at radius 3 is 2.53 bits per heavy atom. The molecule has 7 nitrogen and oxygen atoms in total. The summed E-state index contributed by atoms with van der Waals surface area (Å²) in [4.78, 5) is 0. The molecule has 4 aromatic rings. The van der Waals surface area contributed by atoms with Crippen molar-refractivity contribution in [1.82, 2.24) is 20.4 Å². The molecular formula is C22H22FN7. The number of nitrogens with two attached hydrogens (primary N) is 1. The minimum Gasteiger partial charge on any atom is -0.382 e. The minimum atomic E-state index is -0.243. The van der Waals surface area contributed by atoms with Crippen LogP contribution >= 0.6 is 0 Å². The first-order chi connectivity index (χ1) is 14.3. The number of amidine groups is 1. The first-order valence-electron chi connectivity index (χ1n) is 9.50. The molecular weight excluding hydrogens is 381 g/mol. The van der Waals surface area contributed by atoms with E-state index in [0.29, 0.717) is 23.8 Å². The lowest BCUT2D eigenvalue weighted by Crippen LogP contribution is -2.28. The second kappa shape index (κ2) is 7.55. The summed E-state index contributed by atoms with van der Waals surface area (Å²) in [7, 11) is 0. The fourth-order valence-electron chi connectivity index (χ4n) is 3.27. The zero-order valence-corrected chi connectivity index (χ0v) is 16.7. The van der Waals surface area contributed by atoms with Crippen molar-refractivity contribution in [3.05, 3.63) is 71.7 Å². The maximum Gasteiger partial charge on any atom is 0.148 e. The van der Waals surface area contributed by atoms with E-state index in [0.717, 1.165) is 22.0 Å². The van der Waals surface area contributed by atoms with Gasteiger partial charge < -0.3 is 11.1 Å². The van der Waals surface area contributed by atoms with E-state index in [1.54, 1.807) is 12.1 Å². The molecule has 30 heavy (non-hydrogen) atoms. The van der Waals surface area contributed by atoms with Crippen LogP contribution in [0.1, 0.15) is 25.1 Å². The third kappa shape index (κ3) is 3.84. The van der Waals surface area contributed by atoms with Crippen LogP contribution in [0.15, 0.2) is 54.6 Å². The van der Waals surface area contributed by atoms with Gasteiger partial charge in [0.15, 0.2) is 0 Å². The van der Waals surface area contributed by atoms with E-state index in [4.69, 9.17) is 11.1 Å². The lowest BCUT2D eigenvalue weighted by Gasteiger charge is -2.25. The zero-order valence-electron chi connectivity index (χ0n) is 16.7. The first-order valence-corrected chi connectivity index (χ1v) is 9.50. The second-order valence-electron chi connectivity index (χ2n) is 7.79. The summed E-state index contributed by atoms with van der Waals surface area (Å²) in [5.74, 6) is 0.323. The Balaban J connectivity index is 1.50. The number of nitrogens with zero attached hydrogens (tertiary/aromatic N) is 3. The normalized spacial score (nSPS) is 11.6. The molecule has 0 unspecified atom stereocenters. The quantitative estimate of drug-likeness (QED) is 0.288. The summed E-state index contributed by atoms with van der Waals surface area (Å²) < 4.78 is 13.2. The Labute approximate surface area is 173 Å². The highest BCUT2D eigenvalue weighted by molar-refractivity contribution is 6.06. The van der Waals surface area contributed by atoms with Crippen LogP contribution in [-0.4, -0.2) is 32.8 Å². The Hall–Kier alpha value is -3.81. The molecule has 0 spiro atoms. The number of nitrogen functional groups attached to an aromatic ring is 1. The van der Waals surface area contributed by atoms with Gasteiger partial charge in [-0.3, -0.25) is 10.5 Å². The monoisotopic (exact) mass is 403 g/mol. The molecule has 0 saturated carbocycles. The molecule has 2 aromatic heterocycles. The Bertz CT molecular complexity index is 1190. The van der Waals surface area contributed by atoms with Gasteiger partial charge in [0.05, 0.1) is 11.2 Å². The lowest BCUT2D eigenvalue weighted by molar-refractivity contribution is 0.552. The largest absolute Gasteiger partial charge is 0.382 e. The van der Waals surface area contributed by atoms with Crippen LogP contribution in [0.3, 0.4) is 0 Å². The molecule has 0 aliphatic carbocycles. The van der Waals surface area contributed by atoms with E-state index in [2.05, 4.69) is 39.6 Å². The van der Waals surface area contributed by atoms with Crippen molar-refractivity contribution in [3.8, 4) is 11.3 Å². The number of halogens is 1. The predicted octanol–water partition coefficient (Wildman–Crippen LogP) is 3.83. The van der Waals surface area contributed by atoms with E-state index in [-0.39, 0.29) is 17.1 Å². The molecule has 152 valence electrons. The SMILES string of the molecule is CC(C)(CNc1ccc(-c2ccc3[nH]nc(C(=N)N)c3c2)nn1)c1ccc(F)cc1. The number of hydrogen-bond acceptors (Lipinski definition) is 5. The molecule has 8 heteroatoms. The first kappa shape index (κ1) is 19.5. The Morgan fingerprint density at radius 2 is 1.87 bits per heavy atom. The van der Waals surface area contributed by atoms with Gasteiger partial charge in [0.2, 0.25) is 0 Å². The summed E-state index contributed by atoms with van der Waals surface area (Å²) in [6.45, 7) is 4.79. The molecule has 2 aromatic carbocycles. The maximum absolute atomic E-state index is 13.2. The number of nitrogens with one attached hydrogen (secondary N) is 3. The topological polar surface area (TPSA) is 116 Å². The van der Waals surface area contributed by atoms with Crippen molar-refractivity contribution in [1.29, 1.82) is 5.41 Å². The number of hydrogen-bond donors (Lipinski definition) is 4. The van der Waals surface area contributed by atoms with Crippen molar-refractivity contribution in [2.45, 2.75) is 19.3 Å². The Morgan fingerprint density at radius 1 is 1.10 bits per heavy atom. The van der Waals surface area contributed by atoms with Gasteiger partial charge in [0, 0.05) is 22.9 Å². The molecule has 0 amide bonds. The van der Waals surface area contributed by atoms with Crippen molar-refractivity contribution in [2.75, 3.05) is 11.9 Å². The summed E-state index contributed by atoms with van der Waals surface area (Å²) in [5, 5.41) is 27.3. The van der Waals surface area contributed by atoms with Crippen LogP contribution in [0.5, 0.6) is 0 Å². The van der Waals surface area contributed by atoms with Crippen molar-refractivity contribution in [3.63, 3.8) is 0 Å². The summed E-state index contributed by atoms with van der Waals surface area (Å²) in [6.07, 6.45) is 0. The zero-order chi connectivity index (χ0) is 21.3. The van der Waals surface area contributed by atoms with Gasteiger partial charge in [0.25, 0.3) is 0 Å². The maximum atomic E-state index is 13.2. The van der Waals surface area contributed by atoms with E-state index in [9.17, 15) is 4.39 Å². The third-order valence-corrected chi connectivity index (χ3v) is 5.12. The van der Waals surface area contributed by atoms with Crippen LogP contribution in [0.25, 0.3) is 22.2 Å². The molecule has 5 N–H and O–H groups in total. The minimum absolute atomic E-state index is 0.0900. The van der Waals surface area contributed by atoms with Crippen LogP contribution in [0, 0.1) is 11.2 Å². The smallest absolute Gasteiger partial charge is 0.148 e. The predicted molar refractivity (Wildman–Crippen MR) is 116 cm³/mol. The Kier molecular flexibility index (Phi) is 4.91. The molecule has 0 atom stereocenters. The highest BCUT2D eigenvalue weighted by atomic mass is 19.1. The molecule has 0 fully saturated rings. The van der Waals surface area contributed by atoms with Crippen LogP contribution in [0.2, 0.25) is 0 Å². The van der Waals surface area contributed by atoms with Gasteiger partial charge >= 0.3 is 0 Å². The number of benzene rings is 2. The van der Waals surface area contributed by atoms with Gasteiger partial charge in [-0.25, -0.2) is 4.39 Å². The number of rotatable bonds is 6.